The molecule has 1 saturated heterocycles. The zero-order valence-electron chi connectivity index (χ0n) is 12.4. The largest absolute Gasteiger partial charge is 0.494 e. The van der Waals surface area contributed by atoms with Crippen LogP contribution in [0.15, 0.2) is 12.0 Å². The van der Waals surface area contributed by atoms with E-state index in [1.54, 1.807) is 0 Å². The van der Waals surface area contributed by atoms with Crippen molar-refractivity contribution in [3.05, 3.63) is 12.0 Å². The fraction of sp³-hybridized carbons (Fsp3) is 0.643. The summed E-state index contributed by atoms with van der Waals surface area (Å²) < 4.78 is 10.1. The van der Waals surface area contributed by atoms with Crippen LogP contribution in [0.25, 0.3) is 0 Å². The highest BCUT2D eigenvalue weighted by atomic mass is 16.6. The van der Waals surface area contributed by atoms with Crippen LogP contribution >= 0.6 is 0 Å². The molecule has 0 aromatic heterocycles. The Hall–Kier alpha value is -2.25. The van der Waals surface area contributed by atoms with Crippen LogP contribution in [-0.2, 0) is 19.1 Å². The monoisotopic (exact) mass is 309 g/mol. The van der Waals surface area contributed by atoms with Gasteiger partial charge < -0.3 is 14.8 Å². The molecule has 2 aliphatic heterocycles. The second-order valence-electron chi connectivity index (χ2n) is 5.98. The van der Waals surface area contributed by atoms with Crippen molar-refractivity contribution < 1.29 is 23.9 Å². The van der Waals surface area contributed by atoms with Crippen LogP contribution in [0.3, 0.4) is 0 Å². The summed E-state index contributed by atoms with van der Waals surface area (Å²) in [5, 5.41) is 3.48. The van der Waals surface area contributed by atoms with E-state index in [-0.39, 0.29) is 12.4 Å². The number of hydrogen-bond donors (Lipinski definition) is 2. The van der Waals surface area contributed by atoms with E-state index in [2.05, 4.69) is 17.7 Å². The Bertz CT molecular complexity index is 537. The molecule has 120 valence electrons. The molecule has 1 aliphatic carbocycles. The molecule has 8 heteroatoms. The predicted octanol–water partition coefficient (Wildman–Crippen LogP) is 0.407. The van der Waals surface area contributed by atoms with Crippen molar-refractivity contribution in [1.82, 2.24) is 15.8 Å². The fourth-order valence-electron chi connectivity index (χ4n) is 2.96. The Morgan fingerprint density at radius 1 is 1.36 bits per heavy atom. The third-order valence-corrected chi connectivity index (χ3v) is 4.38. The minimum absolute atomic E-state index is 0.0509. The average Bonchev–Trinajstić information content (AvgIpc) is 2.76. The van der Waals surface area contributed by atoms with E-state index in [1.807, 2.05) is 0 Å². The second kappa shape index (κ2) is 5.51. The predicted molar refractivity (Wildman–Crippen MR) is 73.9 cm³/mol. The van der Waals surface area contributed by atoms with Crippen LogP contribution in [0.5, 0.6) is 0 Å². The Morgan fingerprint density at radius 2 is 2.09 bits per heavy atom. The molecule has 2 N–H and O–H groups in total. The van der Waals surface area contributed by atoms with Gasteiger partial charge in [-0.3, -0.25) is 9.59 Å². The Labute approximate surface area is 127 Å². The molecule has 3 rings (SSSR count). The van der Waals surface area contributed by atoms with E-state index >= 15 is 0 Å². The van der Waals surface area contributed by atoms with E-state index in [0.717, 1.165) is 17.9 Å². The molecule has 0 aromatic rings. The first-order valence-corrected chi connectivity index (χ1v) is 7.44. The highest BCUT2D eigenvalue weighted by molar-refractivity contribution is 6.08. The number of ether oxygens (including phenoxy) is 2. The van der Waals surface area contributed by atoms with Crippen molar-refractivity contribution in [1.29, 1.82) is 0 Å². The van der Waals surface area contributed by atoms with E-state index in [0.29, 0.717) is 25.4 Å². The molecule has 22 heavy (non-hydrogen) atoms. The van der Waals surface area contributed by atoms with E-state index in [4.69, 9.17) is 9.47 Å². The maximum absolute atomic E-state index is 12.6. The molecule has 0 bridgehead atoms. The molecule has 8 nitrogen and oxygen atoms in total. The van der Waals surface area contributed by atoms with Crippen molar-refractivity contribution in [2.45, 2.75) is 38.1 Å². The van der Waals surface area contributed by atoms with Gasteiger partial charge in [0.25, 0.3) is 5.91 Å². The number of urea groups is 1. The number of carbonyl (C=O) groups is 3. The lowest BCUT2D eigenvalue weighted by Gasteiger charge is -2.33. The van der Waals surface area contributed by atoms with Gasteiger partial charge in [0.15, 0.2) is 0 Å². The topological polar surface area (TPSA) is 97.0 Å². The lowest BCUT2D eigenvalue weighted by molar-refractivity contribution is -0.140. The SMILES string of the molecule is CC1CCC2(CC1)NC(=O)N(NC(=O)C1=COCCO1)C2=O. The van der Waals surface area contributed by atoms with Crippen LogP contribution in [0.1, 0.15) is 32.6 Å². The molecule has 0 atom stereocenters. The van der Waals surface area contributed by atoms with Crippen molar-refractivity contribution in [2.75, 3.05) is 13.2 Å². The highest BCUT2D eigenvalue weighted by Gasteiger charge is 2.53. The molecule has 4 amide bonds. The molecule has 3 aliphatic rings. The van der Waals surface area contributed by atoms with Crippen molar-refractivity contribution in [2.24, 2.45) is 5.92 Å². The average molecular weight is 309 g/mol. The van der Waals surface area contributed by atoms with Crippen LogP contribution in [0, 0.1) is 5.92 Å². The molecular weight excluding hydrogens is 290 g/mol. The normalized spacial score (nSPS) is 31.2. The first kappa shape index (κ1) is 14.7. The third-order valence-electron chi connectivity index (χ3n) is 4.38. The quantitative estimate of drug-likeness (QED) is 0.720. The summed E-state index contributed by atoms with van der Waals surface area (Å²) >= 11 is 0. The van der Waals surface area contributed by atoms with Gasteiger partial charge in [-0.25, -0.2) is 10.2 Å². The van der Waals surface area contributed by atoms with Gasteiger partial charge >= 0.3 is 11.9 Å². The lowest BCUT2D eigenvalue weighted by atomic mass is 9.77. The van der Waals surface area contributed by atoms with Crippen LogP contribution in [-0.4, -0.2) is 41.6 Å². The Balaban J connectivity index is 1.69. The molecular formula is C14H19N3O5. The van der Waals surface area contributed by atoms with Gasteiger partial charge in [-0.2, -0.15) is 5.01 Å². The van der Waals surface area contributed by atoms with E-state index in [9.17, 15) is 14.4 Å². The first-order chi connectivity index (χ1) is 10.5. The third kappa shape index (κ3) is 2.49. The first-order valence-electron chi connectivity index (χ1n) is 7.44. The van der Waals surface area contributed by atoms with Gasteiger partial charge in [-0.15, -0.1) is 0 Å². The summed E-state index contributed by atoms with van der Waals surface area (Å²) in [7, 11) is 0. The summed E-state index contributed by atoms with van der Waals surface area (Å²) in [5.41, 5.74) is 1.41. The van der Waals surface area contributed by atoms with E-state index in [1.165, 1.54) is 6.26 Å². The number of nitrogens with one attached hydrogen (secondary N) is 2. The Morgan fingerprint density at radius 3 is 2.73 bits per heavy atom. The van der Waals surface area contributed by atoms with E-state index < -0.39 is 23.4 Å². The number of hydrogen-bond acceptors (Lipinski definition) is 5. The number of rotatable bonds is 2. The number of nitrogens with zero attached hydrogens (tertiary/aromatic N) is 1. The minimum Gasteiger partial charge on any atom is -0.494 e. The smallest absolute Gasteiger partial charge is 0.344 e. The number of amides is 4. The number of imide groups is 1. The maximum Gasteiger partial charge on any atom is 0.344 e. The maximum atomic E-state index is 12.6. The lowest BCUT2D eigenvalue weighted by Crippen LogP contribution is -2.51. The molecule has 1 saturated carbocycles. The molecule has 1 spiro atoms. The second-order valence-corrected chi connectivity index (χ2v) is 5.98. The number of carbonyl (C=O) groups excluding carboxylic acids is 3. The molecule has 0 aromatic carbocycles. The van der Waals surface area contributed by atoms with Gasteiger partial charge in [-0.1, -0.05) is 6.92 Å². The van der Waals surface area contributed by atoms with Gasteiger partial charge in [0.2, 0.25) is 5.76 Å². The van der Waals surface area contributed by atoms with Gasteiger partial charge in [0.05, 0.1) is 0 Å². The highest BCUT2D eigenvalue weighted by Crippen LogP contribution is 2.35. The van der Waals surface area contributed by atoms with Gasteiger partial charge in [0, 0.05) is 0 Å². The van der Waals surface area contributed by atoms with Gasteiger partial charge in [0.1, 0.15) is 25.0 Å². The van der Waals surface area contributed by atoms with Gasteiger partial charge in [-0.05, 0) is 31.6 Å². The van der Waals surface area contributed by atoms with Crippen LogP contribution in [0.2, 0.25) is 0 Å². The summed E-state index contributed by atoms with van der Waals surface area (Å²) in [6, 6.07) is -0.606. The summed E-state index contributed by atoms with van der Waals surface area (Å²) in [6.45, 7) is 2.74. The Kier molecular flexibility index (Phi) is 3.67. The van der Waals surface area contributed by atoms with Crippen LogP contribution in [0.4, 0.5) is 4.79 Å². The van der Waals surface area contributed by atoms with Crippen molar-refractivity contribution in [3.8, 4) is 0 Å². The summed E-state index contributed by atoms with van der Waals surface area (Å²) in [5.74, 6) is -0.596. The summed E-state index contributed by atoms with van der Waals surface area (Å²) in [6.07, 6.45) is 4.10. The molecule has 2 heterocycles. The molecule has 0 radical (unpaired) electrons. The van der Waals surface area contributed by atoms with Crippen molar-refractivity contribution in [3.63, 3.8) is 0 Å². The standard InChI is InChI=1S/C14H19N3O5/c1-9-2-4-14(5-3-9)12(19)17(13(20)15-14)16-11(18)10-8-21-6-7-22-10/h8-9H,2-7H2,1H3,(H,15,20)(H,16,18). The zero-order chi connectivity index (χ0) is 15.7. The number of hydrazine groups is 1. The zero-order valence-corrected chi connectivity index (χ0v) is 12.4. The van der Waals surface area contributed by atoms with Crippen LogP contribution < -0.4 is 10.7 Å². The minimum atomic E-state index is -0.880. The summed E-state index contributed by atoms with van der Waals surface area (Å²) in [4.78, 5) is 36.6. The molecule has 0 unspecified atom stereocenters. The molecule has 2 fully saturated rings. The fourth-order valence-corrected chi connectivity index (χ4v) is 2.96. The van der Waals surface area contributed by atoms with Crippen molar-refractivity contribution >= 4 is 17.8 Å².